The molecule has 4 aromatic rings. The maximum absolute atomic E-state index is 12.7. The van der Waals surface area contributed by atoms with Crippen LogP contribution >= 0.6 is 0 Å². The lowest BCUT2D eigenvalue weighted by atomic mass is 10.1. The van der Waals surface area contributed by atoms with Gasteiger partial charge in [0.1, 0.15) is 23.9 Å². The lowest BCUT2D eigenvalue weighted by Crippen LogP contribution is -2.31. The summed E-state index contributed by atoms with van der Waals surface area (Å²) < 4.78 is 7.32. The summed E-state index contributed by atoms with van der Waals surface area (Å²) in [5.74, 6) is -0.620. The molecule has 0 aromatic carbocycles. The highest BCUT2D eigenvalue weighted by Crippen LogP contribution is 2.30. The number of carbonyl (C=O) groups is 2. The van der Waals surface area contributed by atoms with Crippen LogP contribution in [-0.4, -0.2) is 43.1 Å². The van der Waals surface area contributed by atoms with Crippen molar-refractivity contribution in [1.82, 2.24) is 29.7 Å². The molecule has 0 aliphatic heterocycles. The van der Waals surface area contributed by atoms with Crippen LogP contribution in [0, 0.1) is 12.8 Å². The number of aldehydes is 1. The number of amides is 1. The summed E-state index contributed by atoms with van der Waals surface area (Å²) in [6.45, 7) is 4.00. The number of nitrogens with two attached hydrogens (primary N) is 1. The minimum absolute atomic E-state index is 0.0338. The van der Waals surface area contributed by atoms with Crippen molar-refractivity contribution in [3.8, 4) is 22.8 Å². The molecule has 0 aliphatic carbocycles. The predicted molar refractivity (Wildman–Crippen MR) is 113 cm³/mol. The number of nitrogens with zero attached hydrogens (tertiary/aromatic N) is 5. The van der Waals surface area contributed by atoms with E-state index in [1.54, 1.807) is 6.20 Å². The molecule has 158 valence electrons. The number of aromatic nitrogens is 5. The maximum Gasteiger partial charge on any atom is 0.273 e. The van der Waals surface area contributed by atoms with Gasteiger partial charge in [-0.2, -0.15) is 0 Å². The van der Waals surface area contributed by atoms with Gasteiger partial charge in [0.15, 0.2) is 17.2 Å². The number of carbonyl (C=O) groups excluding carboxylic acids is 2. The van der Waals surface area contributed by atoms with Crippen molar-refractivity contribution in [2.24, 2.45) is 5.92 Å². The third kappa shape index (κ3) is 3.87. The van der Waals surface area contributed by atoms with Gasteiger partial charge < -0.3 is 24.7 Å². The minimum Gasteiger partial charge on any atom is -0.443 e. The second-order valence-corrected chi connectivity index (χ2v) is 7.05. The van der Waals surface area contributed by atoms with Gasteiger partial charge in [-0.25, -0.2) is 19.9 Å². The van der Waals surface area contributed by atoms with E-state index in [2.05, 4.69) is 25.3 Å². The smallest absolute Gasteiger partial charge is 0.273 e. The first-order chi connectivity index (χ1) is 15.0. The van der Waals surface area contributed by atoms with Gasteiger partial charge in [0.2, 0.25) is 5.89 Å². The summed E-state index contributed by atoms with van der Waals surface area (Å²) in [7, 11) is 0. The van der Waals surface area contributed by atoms with E-state index in [1.165, 1.54) is 12.5 Å². The van der Waals surface area contributed by atoms with Crippen molar-refractivity contribution in [3.63, 3.8) is 0 Å². The van der Waals surface area contributed by atoms with Gasteiger partial charge >= 0.3 is 0 Å². The zero-order valence-electron chi connectivity index (χ0n) is 17.1. The molecule has 1 atom stereocenters. The van der Waals surface area contributed by atoms with E-state index >= 15 is 0 Å². The number of nitrogens with one attached hydrogen (secondary N) is 1. The summed E-state index contributed by atoms with van der Waals surface area (Å²) in [5.41, 5.74) is 9.13. The molecule has 0 fully saturated rings. The quantitative estimate of drug-likeness (QED) is 0.435. The minimum atomic E-state index is -0.509. The van der Waals surface area contributed by atoms with Gasteiger partial charge in [0.05, 0.1) is 6.20 Å². The lowest BCUT2D eigenvalue weighted by Gasteiger charge is -2.13. The number of fused-ring (bicyclic) bond motifs is 1. The Hall–Kier alpha value is -4.08. The van der Waals surface area contributed by atoms with Crippen LogP contribution in [0.5, 0.6) is 0 Å². The monoisotopic (exact) mass is 419 g/mol. The number of anilines is 1. The summed E-state index contributed by atoms with van der Waals surface area (Å²) in [4.78, 5) is 41.2. The first-order valence-electron chi connectivity index (χ1n) is 9.76. The summed E-state index contributed by atoms with van der Waals surface area (Å²) in [6, 6.07) is 3.67. The van der Waals surface area contributed by atoms with Gasteiger partial charge in [0, 0.05) is 36.1 Å². The molecular formula is C21H21N7O3. The van der Waals surface area contributed by atoms with E-state index in [0.29, 0.717) is 23.4 Å². The Morgan fingerprint density at radius 1 is 1.29 bits per heavy atom. The number of nitrogen functional groups attached to an aromatic ring is 1. The van der Waals surface area contributed by atoms with E-state index in [-0.39, 0.29) is 29.9 Å². The van der Waals surface area contributed by atoms with Crippen LogP contribution in [0.15, 0.2) is 41.4 Å². The molecule has 0 aliphatic rings. The summed E-state index contributed by atoms with van der Waals surface area (Å²) >= 11 is 0. The molecule has 4 aromatic heterocycles. The van der Waals surface area contributed by atoms with Crippen LogP contribution in [0.1, 0.15) is 29.5 Å². The molecule has 10 heteroatoms. The highest BCUT2D eigenvalue weighted by atomic mass is 16.3. The molecular weight excluding hydrogens is 398 g/mol. The van der Waals surface area contributed by atoms with Crippen LogP contribution in [0.2, 0.25) is 0 Å². The van der Waals surface area contributed by atoms with Crippen LogP contribution in [0.25, 0.3) is 28.5 Å². The standard InChI is InChI=1S/C21H21N7O3/c1-3-13(11-29)9-25-20(30)18-19(22)27-17(21-23-6-7-31-21)16(26-18)14-4-5-15-24-8-12(2)28(15)10-14/h4-8,10-11,13H,3,9H2,1-2H3,(H2,22,27)(H,25,30). The molecule has 0 bridgehead atoms. The van der Waals surface area contributed by atoms with Gasteiger partial charge in [-0.05, 0) is 25.5 Å². The van der Waals surface area contributed by atoms with E-state index in [0.717, 1.165) is 17.6 Å². The highest BCUT2D eigenvalue weighted by molar-refractivity contribution is 5.97. The van der Waals surface area contributed by atoms with E-state index in [1.807, 2.05) is 36.6 Å². The number of oxazole rings is 1. The Balaban J connectivity index is 1.81. The molecule has 4 rings (SSSR count). The van der Waals surface area contributed by atoms with Crippen molar-refractivity contribution in [2.45, 2.75) is 20.3 Å². The Kier molecular flexibility index (Phi) is 5.44. The third-order valence-electron chi connectivity index (χ3n) is 4.98. The zero-order valence-corrected chi connectivity index (χ0v) is 17.1. The molecule has 0 spiro atoms. The molecule has 3 N–H and O–H groups in total. The van der Waals surface area contributed by atoms with E-state index in [9.17, 15) is 9.59 Å². The highest BCUT2D eigenvalue weighted by Gasteiger charge is 2.22. The van der Waals surface area contributed by atoms with Crippen LogP contribution in [-0.2, 0) is 4.79 Å². The molecule has 31 heavy (non-hydrogen) atoms. The summed E-state index contributed by atoms with van der Waals surface area (Å²) in [6.07, 6.45) is 7.96. The average Bonchev–Trinajstić information content (AvgIpc) is 3.44. The maximum atomic E-state index is 12.7. The molecule has 0 radical (unpaired) electrons. The fourth-order valence-electron chi connectivity index (χ4n) is 3.14. The number of hydrogen-bond donors (Lipinski definition) is 2. The Bertz CT molecular complexity index is 1250. The fourth-order valence-corrected chi connectivity index (χ4v) is 3.14. The molecule has 0 saturated carbocycles. The SMILES string of the molecule is CCC(C=O)CNC(=O)c1nc(-c2ccc3ncc(C)n3c2)c(-c2ncco2)nc1N. The fraction of sp³-hybridized carbons (Fsp3) is 0.238. The van der Waals surface area contributed by atoms with Gasteiger partial charge in [-0.3, -0.25) is 4.79 Å². The normalized spacial score (nSPS) is 12.1. The second-order valence-electron chi connectivity index (χ2n) is 7.05. The number of aryl methyl sites for hydroxylation is 1. The predicted octanol–water partition coefficient (Wildman–Crippen LogP) is 2.29. The van der Waals surface area contributed by atoms with Gasteiger partial charge in [-0.15, -0.1) is 0 Å². The average molecular weight is 419 g/mol. The Labute approximate surface area is 177 Å². The summed E-state index contributed by atoms with van der Waals surface area (Å²) in [5, 5.41) is 2.70. The van der Waals surface area contributed by atoms with E-state index in [4.69, 9.17) is 10.2 Å². The van der Waals surface area contributed by atoms with Crippen molar-refractivity contribution in [2.75, 3.05) is 12.3 Å². The number of rotatable bonds is 7. The molecule has 0 saturated heterocycles. The van der Waals surface area contributed by atoms with Crippen LogP contribution in [0.3, 0.4) is 0 Å². The Morgan fingerprint density at radius 3 is 2.84 bits per heavy atom. The number of hydrogen-bond acceptors (Lipinski definition) is 8. The van der Waals surface area contributed by atoms with Crippen molar-refractivity contribution in [3.05, 3.63) is 48.4 Å². The number of imidazole rings is 1. The lowest BCUT2D eigenvalue weighted by molar-refractivity contribution is -0.111. The third-order valence-corrected chi connectivity index (χ3v) is 4.98. The zero-order chi connectivity index (χ0) is 22.0. The largest absolute Gasteiger partial charge is 0.443 e. The number of pyridine rings is 1. The van der Waals surface area contributed by atoms with Crippen molar-refractivity contribution in [1.29, 1.82) is 0 Å². The molecule has 1 amide bonds. The van der Waals surface area contributed by atoms with Crippen LogP contribution in [0.4, 0.5) is 5.82 Å². The van der Waals surface area contributed by atoms with Crippen molar-refractivity contribution < 1.29 is 14.0 Å². The second kappa shape index (κ2) is 8.34. The first kappa shape index (κ1) is 20.2. The molecule has 4 heterocycles. The topological polar surface area (TPSA) is 141 Å². The van der Waals surface area contributed by atoms with Gasteiger partial charge in [-0.1, -0.05) is 6.92 Å². The van der Waals surface area contributed by atoms with Gasteiger partial charge in [0.25, 0.3) is 5.91 Å². The van der Waals surface area contributed by atoms with E-state index < -0.39 is 5.91 Å². The van der Waals surface area contributed by atoms with Crippen LogP contribution < -0.4 is 11.1 Å². The Morgan fingerprint density at radius 2 is 2.13 bits per heavy atom. The molecule has 1 unspecified atom stereocenters. The van der Waals surface area contributed by atoms with Crippen molar-refractivity contribution >= 4 is 23.7 Å². The first-order valence-corrected chi connectivity index (χ1v) is 9.76. The molecule has 10 nitrogen and oxygen atoms in total.